The number of rotatable bonds is 2. The van der Waals surface area contributed by atoms with E-state index in [-0.39, 0.29) is 0 Å². The van der Waals surface area contributed by atoms with Crippen LogP contribution < -0.4 is 0 Å². The average molecular weight is 348 g/mol. The Morgan fingerprint density at radius 3 is 1.75 bits per heavy atom. The summed E-state index contributed by atoms with van der Waals surface area (Å²) < 4.78 is 83.6. The zero-order chi connectivity index (χ0) is 18.3. The second-order valence-electron chi connectivity index (χ2n) is 6.32. The summed E-state index contributed by atoms with van der Waals surface area (Å²) in [7, 11) is 0. The fourth-order valence-corrected chi connectivity index (χ4v) is 3.42. The van der Waals surface area contributed by atoms with Crippen molar-refractivity contribution in [3.8, 4) is 0 Å². The van der Waals surface area contributed by atoms with Gasteiger partial charge in [0.1, 0.15) is 0 Å². The van der Waals surface area contributed by atoms with Crippen LogP contribution in [0.3, 0.4) is 0 Å². The summed E-state index contributed by atoms with van der Waals surface area (Å²) >= 11 is 0. The predicted molar refractivity (Wildman–Crippen MR) is 80.5 cm³/mol. The van der Waals surface area contributed by atoms with Crippen molar-refractivity contribution >= 4 is 0 Å². The molecule has 1 aliphatic carbocycles. The highest BCUT2D eigenvalue weighted by Crippen LogP contribution is 2.59. The molecule has 6 heteroatoms. The lowest BCUT2D eigenvalue weighted by Crippen LogP contribution is -2.59. The highest BCUT2D eigenvalue weighted by atomic mass is 19.4. The van der Waals surface area contributed by atoms with Crippen molar-refractivity contribution in [2.24, 2.45) is 11.8 Å². The maximum atomic E-state index is 13.9. The van der Waals surface area contributed by atoms with Gasteiger partial charge in [-0.3, -0.25) is 0 Å². The van der Waals surface area contributed by atoms with Gasteiger partial charge in [-0.2, -0.15) is 26.3 Å². The van der Waals surface area contributed by atoms with E-state index in [4.69, 9.17) is 0 Å². The number of allylic oxidation sites excluding steroid dienone is 4. The number of halogens is 6. The van der Waals surface area contributed by atoms with Crippen LogP contribution in [0.5, 0.6) is 0 Å². The molecule has 2 rings (SSSR count). The van der Waals surface area contributed by atoms with Crippen LogP contribution in [0.2, 0.25) is 0 Å². The van der Waals surface area contributed by atoms with Crippen LogP contribution in [0.25, 0.3) is 0 Å². The van der Waals surface area contributed by atoms with Crippen molar-refractivity contribution in [1.29, 1.82) is 0 Å². The number of alkyl halides is 6. The summed E-state index contributed by atoms with van der Waals surface area (Å²) in [6.45, 7) is 4.65. The van der Waals surface area contributed by atoms with Crippen LogP contribution in [-0.4, -0.2) is 12.4 Å². The molecule has 0 bridgehead atoms. The van der Waals surface area contributed by atoms with Gasteiger partial charge in [0, 0.05) is 5.92 Å². The third-order valence-corrected chi connectivity index (χ3v) is 4.56. The van der Waals surface area contributed by atoms with Gasteiger partial charge in [0.25, 0.3) is 0 Å². The normalized spacial score (nSPS) is 22.5. The van der Waals surface area contributed by atoms with E-state index in [1.54, 1.807) is 13.8 Å². The molecule has 2 atom stereocenters. The van der Waals surface area contributed by atoms with Crippen LogP contribution in [0.4, 0.5) is 26.3 Å². The Kier molecular flexibility index (Phi) is 4.63. The molecule has 0 N–H and O–H groups in total. The van der Waals surface area contributed by atoms with E-state index in [2.05, 4.69) is 0 Å². The minimum Gasteiger partial charge on any atom is -0.170 e. The molecule has 0 amide bonds. The summed E-state index contributed by atoms with van der Waals surface area (Å²) in [5.74, 6) is -2.66. The molecular formula is C18H18F6. The third kappa shape index (κ3) is 2.87. The molecule has 0 saturated carbocycles. The monoisotopic (exact) mass is 348 g/mol. The van der Waals surface area contributed by atoms with Gasteiger partial charge in [-0.1, -0.05) is 60.6 Å². The molecule has 2 unspecified atom stereocenters. The maximum Gasteiger partial charge on any atom is 0.407 e. The van der Waals surface area contributed by atoms with Crippen molar-refractivity contribution in [1.82, 2.24) is 0 Å². The highest BCUT2D eigenvalue weighted by Gasteiger charge is 2.74. The molecule has 24 heavy (non-hydrogen) atoms. The molecular weight excluding hydrogens is 330 g/mol. The number of benzene rings is 1. The van der Waals surface area contributed by atoms with Gasteiger partial charge in [-0.15, -0.1) is 0 Å². The molecule has 0 aromatic heterocycles. The molecule has 0 aliphatic heterocycles. The van der Waals surface area contributed by atoms with E-state index in [9.17, 15) is 26.3 Å². The Hall–Kier alpha value is -1.72. The lowest BCUT2D eigenvalue weighted by atomic mass is 9.63. The first-order valence-electron chi connectivity index (χ1n) is 7.48. The standard InChI is InChI=1S/C18H18F6/c1-11-4-7-14(8-5-11)16(17(19,20)21,18(22,23)24)15-9-6-12(2)10-13(15)3/h4-10,13,15H,1-3H3. The number of aryl methyl sites for hydroxylation is 1. The molecule has 0 fully saturated rings. The van der Waals surface area contributed by atoms with Gasteiger partial charge < -0.3 is 0 Å². The minimum atomic E-state index is -5.48. The quantitative estimate of drug-likeness (QED) is 0.564. The fraction of sp³-hybridized carbons (Fsp3) is 0.444. The lowest BCUT2D eigenvalue weighted by Gasteiger charge is -2.45. The topological polar surface area (TPSA) is 0 Å². The van der Waals surface area contributed by atoms with Crippen LogP contribution in [0, 0.1) is 18.8 Å². The molecule has 0 radical (unpaired) electrons. The Balaban J connectivity index is 2.78. The van der Waals surface area contributed by atoms with Crippen LogP contribution >= 0.6 is 0 Å². The molecule has 1 aromatic rings. The highest BCUT2D eigenvalue weighted by molar-refractivity contribution is 5.38. The minimum absolute atomic E-state index is 0.597. The summed E-state index contributed by atoms with van der Waals surface area (Å²) in [6, 6.07) is 4.42. The van der Waals surface area contributed by atoms with E-state index in [0.29, 0.717) is 11.1 Å². The zero-order valence-electron chi connectivity index (χ0n) is 13.5. The fourth-order valence-electron chi connectivity index (χ4n) is 3.42. The van der Waals surface area contributed by atoms with Crippen molar-refractivity contribution in [2.45, 2.75) is 38.5 Å². The smallest absolute Gasteiger partial charge is 0.170 e. The van der Waals surface area contributed by atoms with Gasteiger partial charge in [0.2, 0.25) is 0 Å². The van der Waals surface area contributed by atoms with Gasteiger partial charge in [-0.25, -0.2) is 0 Å². The number of hydrogen-bond donors (Lipinski definition) is 0. The van der Waals surface area contributed by atoms with Crippen LogP contribution in [0.15, 0.2) is 48.1 Å². The van der Waals surface area contributed by atoms with Crippen LogP contribution in [-0.2, 0) is 5.41 Å². The summed E-state index contributed by atoms with van der Waals surface area (Å²) in [5, 5.41) is 0. The Bertz CT molecular complexity index is 632. The molecule has 0 nitrogen and oxygen atoms in total. The first-order chi connectivity index (χ1) is 10.9. The Morgan fingerprint density at radius 1 is 0.833 bits per heavy atom. The van der Waals surface area contributed by atoms with Gasteiger partial charge in [0.05, 0.1) is 0 Å². The van der Waals surface area contributed by atoms with Gasteiger partial charge in [-0.05, 0) is 25.3 Å². The average Bonchev–Trinajstić information content (AvgIpc) is 2.40. The molecule has 0 spiro atoms. The summed E-state index contributed by atoms with van der Waals surface area (Å²) in [6.07, 6.45) is -7.15. The summed E-state index contributed by atoms with van der Waals surface area (Å²) in [4.78, 5) is 0. The van der Waals surface area contributed by atoms with E-state index < -0.39 is 35.2 Å². The second kappa shape index (κ2) is 5.97. The predicted octanol–water partition coefficient (Wildman–Crippen LogP) is 6.13. The van der Waals surface area contributed by atoms with E-state index in [1.165, 1.54) is 31.2 Å². The van der Waals surface area contributed by atoms with Crippen LogP contribution in [0.1, 0.15) is 25.0 Å². The van der Waals surface area contributed by atoms with E-state index in [1.807, 2.05) is 0 Å². The summed E-state index contributed by atoms with van der Waals surface area (Å²) in [5.41, 5.74) is -3.47. The van der Waals surface area contributed by atoms with Crippen molar-refractivity contribution < 1.29 is 26.3 Å². The first-order valence-corrected chi connectivity index (χ1v) is 7.48. The SMILES string of the molecule is CC1=CC(C)C(C(c2ccc(C)cc2)(C(F)(F)F)C(F)(F)F)C=C1. The first kappa shape index (κ1) is 18.6. The van der Waals surface area contributed by atoms with Crippen molar-refractivity contribution in [3.63, 3.8) is 0 Å². The number of hydrogen-bond acceptors (Lipinski definition) is 0. The van der Waals surface area contributed by atoms with Crippen molar-refractivity contribution in [2.75, 3.05) is 0 Å². The molecule has 1 aromatic carbocycles. The lowest BCUT2D eigenvalue weighted by molar-refractivity contribution is -0.317. The molecule has 0 heterocycles. The molecule has 132 valence electrons. The molecule has 1 aliphatic rings. The maximum absolute atomic E-state index is 13.9. The van der Waals surface area contributed by atoms with Gasteiger partial charge in [0.15, 0.2) is 5.41 Å². The zero-order valence-corrected chi connectivity index (χ0v) is 13.5. The third-order valence-electron chi connectivity index (χ3n) is 4.56. The Morgan fingerprint density at radius 2 is 1.33 bits per heavy atom. The Labute approximate surface area is 136 Å². The second-order valence-corrected chi connectivity index (χ2v) is 6.32. The van der Waals surface area contributed by atoms with E-state index >= 15 is 0 Å². The largest absolute Gasteiger partial charge is 0.407 e. The van der Waals surface area contributed by atoms with Gasteiger partial charge >= 0.3 is 12.4 Å². The molecule has 0 saturated heterocycles. The van der Waals surface area contributed by atoms with E-state index in [0.717, 1.165) is 18.2 Å². The van der Waals surface area contributed by atoms with Crippen molar-refractivity contribution in [3.05, 3.63) is 59.2 Å².